The van der Waals surface area contributed by atoms with Crippen molar-refractivity contribution in [2.24, 2.45) is 0 Å². The van der Waals surface area contributed by atoms with Gasteiger partial charge in [-0.25, -0.2) is 19.7 Å². The third-order valence-electron chi connectivity index (χ3n) is 11.7. The van der Waals surface area contributed by atoms with E-state index in [1.807, 2.05) is 30.3 Å². The topological polar surface area (TPSA) is 231 Å². The minimum atomic E-state index is -0.142. The Bertz CT molecular complexity index is 2680. The zero-order valence-electron chi connectivity index (χ0n) is 38.9. The van der Waals surface area contributed by atoms with Gasteiger partial charge >= 0.3 is 5.69 Å². The van der Waals surface area contributed by atoms with Crippen LogP contribution >= 0.6 is 34.8 Å². The highest BCUT2D eigenvalue weighted by molar-refractivity contribution is 6.29. The zero-order valence-corrected chi connectivity index (χ0v) is 41.2. The predicted molar refractivity (Wildman–Crippen MR) is 265 cm³/mol. The lowest BCUT2D eigenvalue weighted by Crippen LogP contribution is -2.31. The molecule has 9 rings (SSSR count). The summed E-state index contributed by atoms with van der Waals surface area (Å²) in [6.45, 7) is 5.17. The van der Waals surface area contributed by atoms with Crippen LogP contribution in [0.2, 0.25) is 15.9 Å². The van der Waals surface area contributed by atoms with Crippen LogP contribution in [0.1, 0.15) is 55.7 Å². The van der Waals surface area contributed by atoms with Gasteiger partial charge in [0.25, 0.3) is 0 Å². The molecule has 5 N–H and O–H groups in total. The fraction of sp³-hybridized carbons (Fsp3) is 0.457. The summed E-state index contributed by atoms with van der Waals surface area (Å²) in [5.74, 6) is 4.15. The quantitative estimate of drug-likeness (QED) is 0.0783. The van der Waals surface area contributed by atoms with Crippen molar-refractivity contribution in [3.8, 4) is 23.0 Å². The summed E-state index contributed by atoms with van der Waals surface area (Å²) in [6, 6.07) is 11.9. The van der Waals surface area contributed by atoms with E-state index in [1.54, 1.807) is 56.0 Å². The number of aromatic nitrogens is 8. The van der Waals surface area contributed by atoms with Gasteiger partial charge in [-0.1, -0.05) is 0 Å². The second-order valence-corrected chi connectivity index (χ2v) is 17.1. The van der Waals surface area contributed by atoms with Crippen LogP contribution in [0.15, 0.2) is 59.8 Å². The van der Waals surface area contributed by atoms with Gasteiger partial charge in [0.2, 0.25) is 15.9 Å². The zero-order chi connectivity index (χ0) is 48.7. The minimum Gasteiger partial charge on any atom is -0.497 e. The Kier molecular flexibility index (Phi) is 18.5. The average Bonchev–Trinajstić information content (AvgIpc) is 3.65. The van der Waals surface area contributed by atoms with E-state index in [4.69, 9.17) is 73.7 Å². The molecule has 0 unspecified atom stereocenters. The molecule has 20 nitrogen and oxygen atoms in total. The van der Waals surface area contributed by atoms with Crippen molar-refractivity contribution in [3.05, 3.63) is 92.5 Å². The predicted octanol–water partition coefficient (Wildman–Crippen LogP) is 7.32. The molecule has 6 aromatic rings. The number of nitrogen functional groups attached to an aromatic ring is 1. The first-order chi connectivity index (χ1) is 33.6. The number of methoxy groups -OCH3 is 4. The number of rotatable bonds is 14. The second-order valence-electron chi connectivity index (χ2n) is 16.0. The Balaban J connectivity index is 0.000000160. The molecule has 0 radical (unpaired) electrons. The van der Waals surface area contributed by atoms with Gasteiger partial charge < -0.3 is 54.8 Å². The SMILES string of the molecule is COc1ccc(CNc2cnc(Cl)nc2NC2CCOCC2)c(OC)c1.COc1ccc(Cn2c(=O)n(C3CCOCC3)c3nc(Cl)ncc32)c(OC)c1.Nc1cnc(Cl)nc1NC1CCOCC1. The Morgan fingerprint density at radius 1 is 0.652 bits per heavy atom. The van der Waals surface area contributed by atoms with E-state index in [0.717, 1.165) is 93.3 Å². The number of halogens is 3. The number of hydrogen-bond donors (Lipinski definition) is 4. The number of nitrogens with one attached hydrogen (secondary N) is 3. The van der Waals surface area contributed by atoms with Crippen molar-refractivity contribution in [1.29, 1.82) is 0 Å². The van der Waals surface area contributed by atoms with E-state index in [2.05, 4.69) is 45.9 Å². The minimum absolute atomic E-state index is 0.0220. The Morgan fingerprint density at radius 3 is 1.75 bits per heavy atom. The maximum atomic E-state index is 13.3. The molecule has 0 aliphatic carbocycles. The molecule has 3 aliphatic heterocycles. The summed E-state index contributed by atoms with van der Waals surface area (Å²) in [4.78, 5) is 38.0. The molecular formula is C46H57Cl3N12O8. The van der Waals surface area contributed by atoms with Crippen molar-refractivity contribution >= 4 is 69.0 Å². The van der Waals surface area contributed by atoms with Crippen molar-refractivity contribution in [3.63, 3.8) is 0 Å². The smallest absolute Gasteiger partial charge is 0.330 e. The first-order valence-electron chi connectivity index (χ1n) is 22.4. The standard InChI is InChI=1S/C19H21ClN4O4.C18H23ClN4O3.C9H13ClN4O/c1-26-14-4-3-12(16(9-14)27-2)11-23-15-10-21-18(20)22-17(15)24(19(23)25)13-5-7-28-8-6-13;1-24-14-4-3-12(16(9-14)25-2)10-20-15-11-21-18(19)23-17(15)22-13-5-7-26-8-6-13;10-9-12-5-7(11)8(14-9)13-6-1-3-15-4-2-6/h3-4,9-10,13H,5-8,11H2,1-2H3;3-4,9,11,13,20H,5-8,10H2,1-2H3,(H,21,22,23);5-6H,1-4,11H2,(H,12,13,14). The molecule has 2 aromatic carbocycles. The number of hydrogen-bond acceptors (Lipinski definition) is 18. The number of nitrogens with two attached hydrogens (primary N) is 1. The van der Waals surface area contributed by atoms with Crippen molar-refractivity contribution in [2.45, 2.75) is 69.7 Å². The highest BCUT2D eigenvalue weighted by atomic mass is 35.5. The summed E-state index contributed by atoms with van der Waals surface area (Å²) < 4.78 is 40.9. The fourth-order valence-corrected chi connectivity index (χ4v) is 8.35. The maximum Gasteiger partial charge on any atom is 0.330 e. The summed E-state index contributed by atoms with van der Waals surface area (Å²) >= 11 is 17.7. The van der Waals surface area contributed by atoms with Gasteiger partial charge in [-0.2, -0.15) is 15.0 Å². The monoisotopic (exact) mass is 1010 g/mol. The third-order valence-corrected chi connectivity index (χ3v) is 12.2. The van der Waals surface area contributed by atoms with Crippen molar-refractivity contribution in [2.75, 3.05) is 89.8 Å². The Labute approximate surface area is 414 Å². The van der Waals surface area contributed by atoms with Crippen LogP contribution in [0, 0.1) is 0 Å². The molecule has 370 valence electrons. The van der Waals surface area contributed by atoms with Crippen LogP contribution < -0.4 is 46.3 Å². The molecule has 0 bridgehead atoms. The number of fused-ring (bicyclic) bond motifs is 1. The first-order valence-corrected chi connectivity index (χ1v) is 23.6. The lowest BCUT2D eigenvalue weighted by molar-refractivity contribution is 0.0695. The molecule has 7 heterocycles. The van der Waals surface area contributed by atoms with Crippen LogP contribution in [0.4, 0.5) is 23.0 Å². The molecule has 0 atom stereocenters. The van der Waals surface area contributed by atoms with E-state index < -0.39 is 0 Å². The highest BCUT2D eigenvalue weighted by Gasteiger charge is 2.25. The van der Waals surface area contributed by atoms with Crippen LogP contribution in [0.3, 0.4) is 0 Å². The molecule has 3 fully saturated rings. The number of ether oxygens (including phenoxy) is 7. The number of benzene rings is 2. The molecule has 0 spiro atoms. The maximum absolute atomic E-state index is 13.3. The fourth-order valence-electron chi connectivity index (χ4n) is 7.96. The lowest BCUT2D eigenvalue weighted by Gasteiger charge is -2.24. The summed E-state index contributed by atoms with van der Waals surface area (Å²) in [5.41, 5.74) is 9.93. The van der Waals surface area contributed by atoms with E-state index in [-0.39, 0.29) is 27.6 Å². The average molecular weight is 1010 g/mol. The van der Waals surface area contributed by atoms with Crippen molar-refractivity contribution < 1.29 is 33.2 Å². The molecular weight excluding hydrogens is 955 g/mol. The summed E-state index contributed by atoms with van der Waals surface area (Å²) in [6.07, 6.45) is 10.1. The van der Waals surface area contributed by atoms with Crippen LogP contribution in [-0.4, -0.2) is 119 Å². The Hall–Kier alpha value is -5.90. The summed E-state index contributed by atoms with van der Waals surface area (Å²) in [5, 5.41) is 10.6. The second kappa shape index (κ2) is 25.1. The molecule has 3 aliphatic rings. The number of anilines is 4. The van der Waals surface area contributed by atoms with Gasteiger partial charge in [0.15, 0.2) is 17.3 Å². The van der Waals surface area contributed by atoms with Crippen LogP contribution in [-0.2, 0) is 27.3 Å². The number of nitrogens with zero attached hydrogens (tertiary/aromatic N) is 8. The molecule has 69 heavy (non-hydrogen) atoms. The van der Waals surface area contributed by atoms with Crippen molar-refractivity contribution in [1.82, 2.24) is 39.0 Å². The molecule has 0 saturated carbocycles. The van der Waals surface area contributed by atoms with Gasteiger partial charge in [0.05, 0.1) is 64.9 Å². The van der Waals surface area contributed by atoms with E-state index in [9.17, 15) is 4.79 Å². The number of imidazole rings is 1. The molecule has 23 heteroatoms. The van der Waals surface area contributed by atoms with Gasteiger partial charge in [-0.15, -0.1) is 0 Å². The van der Waals surface area contributed by atoms with Gasteiger partial charge in [-0.3, -0.25) is 9.13 Å². The largest absolute Gasteiger partial charge is 0.497 e. The van der Waals surface area contributed by atoms with Gasteiger partial charge in [-0.05, 0) is 97.6 Å². The molecule has 3 saturated heterocycles. The Morgan fingerprint density at radius 2 is 1.16 bits per heavy atom. The summed E-state index contributed by atoms with van der Waals surface area (Å²) in [7, 11) is 6.46. The molecule has 4 aromatic heterocycles. The van der Waals surface area contributed by atoms with Crippen LogP contribution in [0.25, 0.3) is 11.2 Å². The molecule has 0 amide bonds. The third kappa shape index (κ3) is 13.7. The van der Waals surface area contributed by atoms with Crippen LogP contribution in [0.5, 0.6) is 23.0 Å². The first kappa shape index (κ1) is 51.0. The van der Waals surface area contributed by atoms with E-state index >= 15 is 0 Å². The van der Waals surface area contributed by atoms with Gasteiger partial charge in [0.1, 0.15) is 28.5 Å². The normalized spacial score (nSPS) is 15.5. The highest BCUT2D eigenvalue weighted by Crippen LogP contribution is 2.30. The van der Waals surface area contributed by atoms with E-state index in [0.29, 0.717) is 78.4 Å². The van der Waals surface area contributed by atoms with Gasteiger partial charge in [0, 0.05) is 87.6 Å². The lowest BCUT2D eigenvalue weighted by atomic mass is 10.1. The van der Waals surface area contributed by atoms with E-state index in [1.165, 1.54) is 6.20 Å².